The first-order valence-electron chi connectivity index (χ1n) is 10.8. The van der Waals surface area contributed by atoms with Crippen LogP contribution in [-0.4, -0.2) is 30.2 Å². The van der Waals surface area contributed by atoms with Crippen LogP contribution in [0, 0.1) is 0 Å². The predicted octanol–water partition coefficient (Wildman–Crippen LogP) is 5.16. The molecule has 0 amide bonds. The van der Waals surface area contributed by atoms with Crippen LogP contribution < -0.4 is 5.14 Å². The van der Waals surface area contributed by atoms with Crippen LogP contribution in [0.4, 0.5) is 0 Å². The smallest absolute Gasteiger partial charge is 0.238 e. The van der Waals surface area contributed by atoms with Gasteiger partial charge < -0.3 is 9.16 Å². The van der Waals surface area contributed by atoms with Gasteiger partial charge in [-0.25, -0.2) is 13.6 Å². The molecule has 2 unspecified atom stereocenters. The lowest BCUT2D eigenvalue weighted by Crippen LogP contribution is -2.28. The van der Waals surface area contributed by atoms with Crippen molar-refractivity contribution in [3.8, 4) is 0 Å². The number of hydrogen-bond donors (Lipinski definition) is 1. The van der Waals surface area contributed by atoms with Crippen molar-refractivity contribution >= 4 is 30.4 Å². The number of hydrogen-bond acceptors (Lipinski definition) is 5. The zero-order valence-electron chi connectivity index (χ0n) is 19.1. The van der Waals surface area contributed by atoms with E-state index in [0.29, 0.717) is 6.61 Å². The Bertz CT molecular complexity index is 989. The Kier molecular flexibility index (Phi) is 7.82. The second kappa shape index (κ2) is 9.85. The van der Waals surface area contributed by atoms with Gasteiger partial charge in [0.1, 0.15) is 0 Å². The van der Waals surface area contributed by atoms with Gasteiger partial charge in [0.25, 0.3) is 0 Å². The highest BCUT2D eigenvalue weighted by molar-refractivity contribution is 7.89. The van der Waals surface area contributed by atoms with Gasteiger partial charge in [0.15, 0.2) is 0 Å². The summed E-state index contributed by atoms with van der Waals surface area (Å²) in [5.74, 6) is -0.0437. The van der Waals surface area contributed by atoms with Crippen molar-refractivity contribution in [2.24, 2.45) is 5.14 Å². The van der Waals surface area contributed by atoms with Crippen LogP contribution >= 0.6 is 11.3 Å². The first-order chi connectivity index (χ1) is 14.5. The summed E-state index contributed by atoms with van der Waals surface area (Å²) >= 11 is 1.44. The van der Waals surface area contributed by atoms with Crippen molar-refractivity contribution < 1.29 is 17.6 Å². The van der Waals surface area contributed by atoms with E-state index in [2.05, 4.69) is 52.1 Å². The molecule has 1 radical (unpaired) electrons. The van der Waals surface area contributed by atoms with Crippen LogP contribution in [-0.2, 0) is 31.2 Å². The molecular weight excluding hydrogens is 446 g/mol. The van der Waals surface area contributed by atoms with Crippen LogP contribution in [0.3, 0.4) is 0 Å². The number of nitrogens with two attached hydrogens (primary N) is 1. The van der Waals surface area contributed by atoms with E-state index in [1.165, 1.54) is 16.9 Å². The Morgan fingerprint density at radius 2 is 2.00 bits per heavy atom. The van der Waals surface area contributed by atoms with E-state index >= 15 is 0 Å². The molecule has 2 N–H and O–H groups in total. The van der Waals surface area contributed by atoms with Crippen molar-refractivity contribution in [1.82, 2.24) is 0 Å². The Hall–Kier alpha value is -1.03. The third kappa shape index (κ3) is 6.27. The Labute approximate surface area is 192 Å². The van der Waals surface area contributed by atoms with E-state index in [0.717, 1.165) is 41.9 Å². The van der Waals surface area contributed by atoms with Gasteiger partial charge >= 0.3 is 0 Å². The molecule has 0 bridgehead atoms. The largest absolute Gasteiger partial charge is 0.413 e. The van der Waals surface area contributed by atoms with Crippen LogP contribution in [0.25, 0.3) is 0 Å². The van der Waals surface area contributed by atoms with Crippen LogP contribution in [0.5, 0.6) is 0 Å². The fourth-order valence-corrected chi connectivity index (χ4v) is 6.37. The van der Waals surface area contributed by atoms with Crippen LogP contribution in [0.2, 0.25) is 13.1 Å². The summed E-state index contributed by atoms with van der Waals surface area (Å²) < 4.78 is 36.2. The third-order valence-corrected chi connectivity index (χ3v) is 8.46. The van der Waals surface area contributed by atoms with Gasteiger partial charge in [0, 0.05) is 22.8 Å². The summed E-state index contributed by atoms with van der Waals surface area (Å²) in [5, 5.41) is 7.04. The number of primary sulfonamides is 1. The van der Waals surface area contributed by atoms with E-state index in [1.54, 1.807) is 11.4 Å². The molecule has 5 nitrogen and oxygen atoms in total. The molecule has 1 aliphatic rings. The Morgan fingerprint density at radius 3 is 2.55 bits per heavy atom. The second-order valence-corrected chi connectivity index (χ2v) is 14.1. The lowest BCUT2D eigenvalue weighted by molar-refractivity contribution is 0.00667. The molecule has 1 aromatic carbocycles. The number of ether oxygens (including phenoxy) is 1. The zero-order valence-corrected chi connectivity index (χ0v) is 21.7. The standard InChI is InChI=1S/C23H34NO4S2Si/c1-23(2,3)17-9-10-19(16(12-17)14-28-31(4)5)22(20-8-6-7-11-27-20)21-13-18(15-29-21)30(24,25)26/h9-10,12-13,15,20,22H,6-8,11,14H2,1-5H3,(H2,24,25,26). The molecule has 3 rings (SSSR count). The van der Waals surface area contributed by atoms with Crippen molar-refractivity contribution in [3.63, 3.8) is 0 Å². The van der Waals surface area contributed by atoms with Gasteiger partial charge in [0.2, 0.25) is 19.1 Å². The van der Waals surface area contributed by atoms with Crippen molar-refractivity contribution in [2.75, 3.05) is 6.61 Å². The van der Waals surface area contributed by atoms with Crippen LogP contribution in [0.1, 0.15) is 67.5 Å². The van der Waals surface area contributed by atoms with Crippen LogP contribution in [0.15, 0.2) is 34.5 Å². The minimum Gasteiger partial charge on any atom is -0.413 e. The van der Waals surface area contributed by atoms with Gasteiger partial charge in [-0.3, -0.25) is 0 Å². The molecule has 1 aromatic heterocycles. The molecule has 2 heterocycles. The SMILES string of the molecule is C[Si](C)OCc1cc(C(C)(C)C)ccc1C(c1cc(S(N)(=O)=O)cs1)C1CCCCO1. The first-order valence-corrected chi connectivity index (χ1v) is 15.6. The third-order valence-electron chi connectivity index (χ3n) is 5.68. The topological polar surface area (TPSA) is 78.6 Å². The van der Waals surface area contributed by atoms with Crippen molar-refractivity contribution in [1.29, 1.82) is 0 Å². The lowest BCUT2D eigenvalue weighted by atomic mass is 9.81. The molecule has 2 atom stereocenters. The highest BCUT2D eigenvalue weighted by atomic mass is 32.2. The highest BCUT2D eigenvalue weighted by Gasteiger charge is 2.32. The van der Waals surface area contributed by atoms with E-state index in [1.807, 2.05) is 0 Å². The van der Waals surface area contributed by atoms with Crippen molar-refractivity contribution in [3.05, 3.63) is 51.2 Å². The molecule has 31 heavy (non-hydrogen) atoms. The normalized spacial score (nSPS) is 19.0. The molecule has 1 aliphatic heterocycles. The van der Waals surface area contributed by atoms with Gasteiger partial charge in [0.05, 0.1) is 17.6 Å². The number of thiophene rings is 1. The fraction of sp³-hybridized carbons (Fsp3) is 0.565. The van der Waals surface area contributed by atoms with Gasteiger partial charge in [-0.1, -0.05) is 39.0 Å². The summed E-state index contributed by atoms with van der Waals surface area (Å²) in [7, 11) is -4.59. The summed E-state index contributed by atoms with van der Waals surface area (Å²) in [4.78, 5) is 1.14. The monoisotopic (exact) mass is 480 g/mol. The quantitative estimate of drug-likeness (QED) is 0.555. The number of sulfonamides is 1. The summed E-state index contributed by atoms with van der Waals surface area (Å²) in [6.45, 7) is 12.2. The van der Waals surface area contributed by atoms with E-state index in [4.69, 9.17) is 14.3 Å². The highest BCUT2D eigenvalue weighted by Crippen LogP contribution is 2.40. The molecule has 8 heteroatoms. The Morgan fingerprint density at radius 1 is 1.26 bits per heavy atom. The summed E-state index contributed by atoms with van der Waals surface area (Å²) in [6.07, 6.45) is 3.13. The predicted molar refractivity (Wildman–Crippen MR) is 129 cm³/mol. The van der Waals surface area contributed by atoms with E-state index in [9.17, 15) is 8.42 Å². The average molecular weight is 481 g/mol. The maximum absolute atomic E-state index is 11.9. The maximum Gasteiger partial charge on any atom is 0.238 e. The van der Waals surface area contributed by atoms with Crippen molar-refractivity contribution in [2.45, 2.75) is 82.1 Å². The van der Waals surface area contributed by atoms with E-state index < -0.39 is 19.1 Å². The number of benzene rings is 1. The zero-order chi connectivity index (χ0) is 22.8. The molecular formula is C23H34NO4S2Si. The molecule has 0 aliphatic carbocycles. The molecule has 1 fully saturated rings. The minimum atomic E-state index is -3.74. The average Bonchev–Trinajstić information content (AvgIpc) is 3.17. The minimum absolute atomic E-state index is 0.00740. The molecule has 171 valence electrons. The first kappa shape index (κ1) is 24.6. The van der Waals surface area contributed by atoms with E-state index in [-0.39, 0.29) is 22.3 Å². The lowest BCUT2D eigenvalue weighted by Gasteiger charge is -2.32. The maximum atomic E-state index is 11.9. The van der Waals surface area contributed by atoms with Gasteiger partial charge in [-0.15, -0.1) is 11.3 Å². The second-order valence-electron chi connectivity index (χ2n) is 9.47. The Balaban J connectivity index is 2.11. The van der Waals surface area contributed by atoms with Gasteiger partial charge in [-0.2, -0.15) is 0 Å². The summed E-state index contributed by atoms with van der Waals surface area (Å²) in [5.41, 5.74) is 3.60. The number of rotatable bonds is 7. The fourth-order valence-electron chi connectivity index (χ4n) is 3.93. The van der Waals surface area contributed by atoms with Gasteiger partial charge in [-0.05, 0) is 60.5 Å². The summed E-state index contributed by atoms with van der Waals surface area (Å²) in [6, 6.07) is 8.35. The molecule has 2 aromatic rings. The molecule has 1 saturated heterocycles. The molecule has 0 spiro atoms. The molecule has 0 saturated carbocycles.